The summed E-state index contributed by atoms with van der Waals surface area (Å²) in [6.07, 6.45) is -2.12. The molecule has 162 valence electrons. The maximum absolute atomic E-state index is 13.0. The van der Waals surface area contributed by atoms with Crippen molar-refractivity contribution in [3.8, 4) is 5.75 Å². The summed E-state index contributed by atoms with van der Waals surface area (Å²) >= 11 is 0. The zero-order valence-electron chi connectivity index (χ0n) is 16.2. The Hall–Kier alpha value is -3.34. The number of sulfonamides is 1. The molecule has 0 N–H and O–H groups in total. The molecule has 1 atom stereocenters. The fraction of sp³-hybridized carbons (Fsp3) is 0.200. The van der Waals surface area contributed by atoms with Gasteiger partial charge in [0.2, 0.25) is 0 Å². The summed E-state index contributed by atoms with van der Waals surface area (Å²) in [6, 6.07) is 14.4. The van der Waals surface area contributed by atoms with Crippen molar-refractivity contribution < 1.29 is 26.3 Å². The Morgan fingerprint density at radius 1 is 1.10 bits per heavy atom. The van der Waals surface area contributed by atoms with Crippen molar-refractivity contribution >= 4 is 15.7 Å². The minimum absolute atomic E-state index is 0.0113. The van der Waals surface area contributed by atoms with Gasteiger partial charge in [0, 0.05) is 24.7 Å². The molecule has 0 saturated heterocycles. The topological polar surface area (TPSA) is 76.8 Å². The zero-order valence-corrected chi connectivity index (χ0v) is 17.0. The van der Waals surface area contributed by atoms with Crippen molar-refractivity contribution in [1.82, 2.24) is 14.0 Å². The standard InChI is InChI=1S/C20H17F3N4O3S/c1-26-12-18(24-13-26)31(28,29)27-11-17(14-6-3-2-4-7-14)19(25-27)15-8-5-9-16(10-15)30-20(21,22)23/h2-10,12-13,17H,11H2,1H3. The predicted molar refractivity (Wildman–Crippen MR) is 106 cm³/mol. The van der Waals surface area contributed by atoms with Crippen LogP contribution in [0.15, 0.2) is 77.2 Å². The van der Waals surface area contributed by atoms with Crippen LogP contribution in [0.25, 0.3) is 0 Å². The molecule has 1 unspecified atom stereocenters. The summed E-state index contributed by atoms with van der Waals surface area (Å²) in [4.78, 5) is 3.90. The Morgan fingerprint density at radius 3 is 2.48 bits per heavy atom. The number of hydrazone groups is 1. The number of alkyl halides is 3. The van der Waals surface area contributed by atoms with Gasteiger partial charge in [-0.3, -0.25) is 0 Å². The molecule has 1 aliphatic heterocycles. The molecule has 7 nitrogen and oxygen atoms in total. The molecular formula is C20H17F3N4O3S. The zero-order chi connectivity index (χ0) is 22.2. The van der Waals surface area contributed by atoms with Gasteiger partial charge in [-0.25, -0.2) is 4.98 Å². The second-order valence-electron chi connectivity index (χ2n) is 6.91. The van der Waals surface area contributed by atoms with E-state index in [-0.39, 0.29) is 11.6 Å². The van der Waals surface area contributed by atoms with Crippen molar-refractivity contribution in [1.29, 1.82) is 0 Å². The largest absolute Gasteiger partial charge is 0.573 e. The van der Waals surface area contributed by atoms with Crippen LogP contribution < -0.4 is 4.74 Å². The molecule has 4 rings (SSSR count). The van der Waals surface area contributed by atoms with Crippen molar-refractivity contribution in [3.05, 3.63) is 78.2 Å². The first-order chi connectivity index (χ1) is 14.6. The van der Waals surface area contributed by atoms with Crippen molar-refractivity contribution in [3.63, 3.8) is 0 Å². The normalized spacial score (nSPS) is 17.0. The predicted octanol–water partition coefficient (Wildman–Crippen LogP) is 3.51. The van der Waals surface area contributed by atoms with Gasteiger partial charge < -0.3 is 9.30 Å². The number of aryl methyl sites for hydroxylation is 1. The van der Waals surface area contributed by atoms with Crippen molar-refractivity contribution in [2.75, 3.05) is 6.54 Å². The van der Waals surface area contributed by atoms with Gasteiger partial charge in [0.25, 0.3) is 10.0 Å². The second-order valence-corrected chi connectivity index (χ2v) is 8.70. The number of nitrogens with zero attached hydrogens (tertiary/aromatic N) is 4. The van der Waals surface area contributed by atoms with E-state index in [1.807, 2.05) is 18.2 Å². The van der Waals surface area contributed by atoms with E-state index >= 15 is 0 Å². The van der Waals surface area contributed by atoms with E-state index in [2.05, 4.69) is 14.8 Å². The highest BCUT2D eigenvalue weighted by Crippen LogP contribution is 2.33. The molecule has 1 aromatic heterocycles. The van der Waals surface area contributed by atoms with E-state index in [0.717, 1.165) is 9.98 Å². The monoisotopic (exact) mass is 450 g/mol. The summed E-state index contributed by atoms with van der Waals surface area (Å²) in [7, 11) is -2.39. The van der Waals surface area contributed by atoms with Gasteiger partial charge >= 0.3 is 6.36 Å². The SMILES string of the molecule is Cn1cnc(S(=O)(=O)N2CC(c3ccccc3)C(c3cccc(OC(F)(F)F)c3)=N2)c1. The molecule has 0 spiro atoms. The maximum Gasteiger partial charge on any atom is 0.573 e. The molecule has 1 aliphatic rings. The average molecular weight is 450 g/mol. The van der Waals surface area contributed by atoms with E-state index in [4.69, 9.17) is 0 Å². The Bertz CT molecular complexity index is 1220. The van der Waals surface area contributed by atoms with Crippen LogP contribution in [-0.4, -0.2) is 41.0 Å². The van der Waals surface area contributed by atoms with Crippen molar-refractivity contribution in [2.45, 2.75) is 17.3 Å². The Morgan fingerprint density at radius 2 is 1.84 bits per heavy atom. The third kappa shape index (κ3) is 4.41. The van der Waals surface area contributed by atoms with Gasteiger partial charge in [-0.1, -0.05) is 42.5 Å². The maximum atomic E-state index is 13.0. The molecule has 0 aliphatic carbocycles. The van der Waals surface area contributed by atoms with Crippen LogP contribution in [-0.2, 0) is 17.1 Å². The molecule has 0 radical (unpaired) electrons. The number of halogens is 3. The highest BCUT2D eigenvalue weighted by atomic mass is 32.2. The van der Waals surface area contributed by atoms with Crippen LogP contribution in [0.5, 0.6) is 5.75 Å². The van der Waals surface area contributed by atoms with Crippen molar-refractivity contribution in [2.24, 2.45) is 12.1 Å². The number of rotatable bonds is 5. The van der Waals surface area contributed by atoms with Gasteiger partial charge in [-0.15, -0.1) is 13.2 Å². The lowest BCUT2D eigenvalue weighted by atomic mass is 9.91. The van der Waals surface area contributed by atoms with E-state index in [9.17, 15) is 21.6 Å². The number of aromatic nitrogens is 2. The lowest BCUT2D eigenvalue weighted by Crippen LogP contribution is -2.26. The summed E-state index contributed by atoms with van der Waals surface area (Å²) in [5.41, 5.74) is 1.43. The van der Waals surface area contributed by atoms with Gasteiger partial charge in [-0.05, 0) is 17.7 Å². The highest BCUT2D eigenvalue weighted by Gasteiger charge is 2.37. The molecule has 3 aromatic rings. The molecule has 2 aromatic carbocycles. The van der Waals surface area contributed by atoms with Gasteiger partial charge in [0.05, 0.1) is 18.6 Å². The number of imidazole rings is 1. The molecule has 0 fully saturated rings. The van der Waals surface area contributed by atoms with E-state index < -0.39 is 28.1 Å². The van der Waals surface area contributed by atoms with Gasteiger partial charge in [0.1, 0.15) is 5.75 Å². The second kappa shape index (κ2) is 7.73. The number of hydrogen-bond acceptors (Lipinski definition) is 5. The molecule has 0 amide bonds. The third-order valence-corrected chi connectivity index (χ3v) is 6.20. The van der Waals surface area contributed by atoms with Crippen LogP contribution >= 0.6 is 0 Å². The molecule has 31 heavy (non-hydrogen) atoms. The quantitative estimate of drug-likeness (QED) is 0.596. The summed E-state index contributed by atoms with van der Waals surface area (Å²) in [6.45, 7) is -0.0113. The lowest BCUT2D eigenvalue weighted by Gasteiger charge is -2.16. The Labute approximate surface area is 176 Å². The average Bonchev–Trinajstić information content (AvgIpc) is 3.35. The minimum atomic E-state index is -4.84. The lowest BCUT2D eigenvalue weighted by molar-refractivity contribution is -0.274. The molecule has 11 heteroatoms. The number of benzene rings is 2. The molecule has 0 saturated carbocycles. The minimum Gasteiger partial charge on any atom is -0.406 e. The van der Waals surface area contributed by atoms with Crippen LogP contribution in [0, 0.1) is 0 Å². The summed E-state index contributed by atoms with van der Waals surface area (Å²) in [5.74, 6) is -0.897. The third-order valence-electron chi connectivity index (χ3n) is 4.68. The summed E-state index contributed by atoms with van der Waals surface area (Å²) in [5, 5.41) is 4.12. The Kier molecular flexibility index (Phi) is 5.21. The summed E-state index contributed by atoms with van der Waals surface area (Å²) < 4.78 is 70.4. The number of ether oxygens (including phenoxy) is 1. The van der Waals surface area contributed by atoms with E-state index in [0.29, 0.717) is 11.3 Å². The van der Waals surface area contributed by atoms with Crippen LogP contribution in [0.2, 0.25) is 0 Å². The first kappa shape index (κ1) is 20.9. The molecule has 0 bridgehead atoms. The van der Waals surface area contributed by atoms with Crippen LogP contribution in [0.3, 0.4) is 0 Å². The van der Waals surface area contributed by atoms with Crippen LogP contribution in [0.4, 0.5) is 13.2 Å². The molecule has 2 heterocycles. The van der Waals surface area contributed by atoms with E-state index in [1.54, 1.807) is 25.2 Å². The fourth-order valence-corrected chi connectivity index (χ4v) is 4.55. The van der Waals surface area contributed by atoms with Gasteiger partial charge in [0.15, 0.2) is 5.03 Å². The smallest absolute Gasteiger partial charge is 0.406 e. The van der Waals surface area contributed by atoms with Crippen LogP contribution in [0.1, 0.15) is 17.0 Å². The number of hydrogen-bond donors (Lipinski definition) is 0. The van der Waals surface area contributed by atoms with Gasteiger partial charge in [-0.2, -0.15) is 17.9 Å². The first-order valence-corrected chi connectivity index (χ1v) is 10.6. The fourth-order valence-electron chi connectivity index (χ4n) is 3.32. The van der Waals surface area contributed by atoms with E-state index in [1.165, 1.54) is 35.3 Å². The Balaban J connectivity index is 1.76. The first-order valence-electron chi connectivity index (χ1n) is 9.14. The molecular weight excluding hydrogens is 433 g/mol. The highest BCUT2D eigenvalue weighted by molar-refractivity contribution is 7.89.